The normalized spacial score (nSPS) is 32.1. The molecule has 0 aromatic rings. The van der Waals surface area contributed by atoms with E-state index < -0.39 is 0 Å². The molecule has 2 rings (SSSR count). The van der Waals surface area contributed by atoms with E-state index in [1.54, 1.807) is 0 Å². The Morgan fingerprint density at radius 1 is 1.50 bits per heavy atom. The molecule has 2 saturated heterocycles. The lowest BCUT2D eigenvalue weighted by atomic mass is 9.92. The smallest absolute Gasteiger partial charge is 0.243 e. The lowest BCUT2D eigenvalue weighted by molar-refractivity contribution is -0.139. The quantitative estimate of drug-likeness (QED) is 0.777. The van der Waals surface area contributed by atoms with E-state index in [9.17, 15) is 4.79 Å². The summed E-state index contributed by atoms with van der Waals surface area (Å²) in [5.41, 5.74) is -0.290. The predicted octanol–water partition coefficient (Wildman–Crippen LogP) is 1.28. The molecule has 0 saturated carbocycles. The van der Waals surface area contributed by atoms with Crippen LogP contribution in [0, 0.1) is 0 Å². The van der Waals surface area contributed by atoms with Gasteiger partial charge in [0.25, 0.3) is 0 Å². The van der Waals surface area contributed by atoms with E-state index in [0.717, 1.165) is 58.0 Å². The summed E-state index contributed by atoms with van der Waals surface area (Å²) in [5, 5.41) is 12.4. The highest BCUT2D eigenvalue weighted by molar-refractivity contribution is 5.87. The summed E-state index contributed by atoms with van der Waals surface area (Å²) in [7, 11) is 0. The number of nitrogens with zero attached hydrogens (tertiary/aromatic N) is 1. The van der Waals surface area contributed by atoms with Gasteiger partial charge in [0.15, 0.2) is 0 Å². The third kappa shape index (κ3) is 2.54. The van der Waals surface area contributed by atoms with E-state index in [0.29, 0.717) is 11.9 Å². The first-order valence-electron chi connectivity index (χ1n) is 7.40. The first-order valence-corrected chi connectivity index (χ1v) is 7.40. The number of likely N-dealkylation sites (tertiary alicyclic amines) is 1. The van der Waals surface area contributed by atoms with Crippen molar-refractivity contribution in [2.75, 3.05) is 19.7 Å². The molecular formula is C14H26N2O2. The van der Waals surface area contributed by atoms with Gasteiger partial charge < -0.3 is 15.3 Å². The average molecular weight is 254 g/mol. The number of hydrogen-bond acceptors (Lipinski definition) is 3. The second kappa shape index (κ2) is 6.02. The molecule has 0 bridgehead atoms. The van der Waals surface area contributed by atoms with Crippen molar-refractivity contribution < 1.29 is 9.90 Å². The van der Waals surface area contributed by atoms with Gasteiger partial charge in [-0.1, -0.05) is 6.92 Å². The maximum absolute atomic E-state index is 12.8. The van der Waals surface area contributed by atoms with Crippen LogP contribution < -0.4 is 5.32 Å². The molecule has 0 aromatic heterocycles. The summed E-state index contributed by atoms with van der Waals surface area (Å²) >= 11 is 0. The molecule has 0 spiro atoms. The number of carbonyl (C=O) groups is 1. The van der Waals surface area contributed by atoms with Gasteiger partial charge in [0.05, 0.1) is 5.54 Å². The molecule has 2 aliphatic rings. The van der Waals surface area contributed by atoms with Crippen LogP contribution in [0.5, 0.6) is 0 Å². The first kappa shape index (κ1) is 13.8. The summed E-state index contributed by atoms with van der Waals surface area (Å²) in [5.74, 6) is 0.308. The zero-order chi connectivity index (χ0) is 13.0. The highest BCUT2D eigenvalue weighted by Crippen LogP contribution is 2.30. The van der Waals surface area contributed by atoms with Crippen LogP contribution >= 0.6 is 0 Å². The van der Waals surface area contributed by atoms with Crippen molar-refractivity contribution >= 4 is 5.91 Å². The predicted molar refractivity (Wildman–Crippen MR) is 71.3 cm³/mol. The van der Waals surface area contributed by atoms with Gasteiger partial charge >= 0.3 is 0 Å². The van der Waals surface area contributed by atoms with E-state index in [-0.39, 0.29) is 12.1 Å². The van der Waals surface area contributed by atoms with E-state index in [2.05, 4.69) is 17.1 Å². The number of aliphatic hydroxyl groups excluding tert-OH is 1. The molecule has 0 radical (unpaired) electrons. The average Bonchev–Trinajstić information content (AvgIpc) is 3.05. The van der Waals surface area contributed by atoms with Crippen molar-refractivity contribution in [3.05, 3.63) is 0 Å². The summed E-state index contributed by atoms with van der Waals surface area (Å²) in [6.45, 7) is 4.21. The fourth-order valence-electron chi connectivity index (χ4n) is 3.45. The number of rotatable bonds is 5. The molecule has 2 atom stereocenters. The minimum atomic E-state index is -0.290. The van der Waals surface area contributed by atoms with Crippen LogP contribution in [-0.2, 0) is 4.79 Å². The van der Waals surface area contributed by atoms with Gasteiger partial charge in [-0.15, -0.1) is 0 Å². The third-order valence-corrected chi connectivity index (χ3v) is 4.59. The molecule has 18 heavy (non-hydrogen) atoms. The standard InChI is InChI=1S/C14H26N2O2/c1-2-14(8-5-9-15-14)13(18)16-10-3-6-12(16)7-4-11-17/h12,15,17H,2-11H2,1H3. The van der Waals surface area contributed by atoms with Crippen molar-refractivity contribution in [1.29, 1.82) is 0 Å². The second-order valence-electron chi connectivity index (χ2n) is 5.63. The van der Waals surface area contributed by atoms with Crippen LogP contribution in [0.4, 0.5) is 0 Å². The van der Waals surface area contributed by atoms with Gasteiger partial charge in [-0.25, -0.2) is 0 Å². The number of nitrogens with one attached hydrogen (secondary N) is 1. The Morgan fingerprint density at radius 2 is 2.33 bits per heavy atom. The lowest BCUT2D eigenvalue weighted by Gasteiger charge is -2.35. The number of carbonyl (C=O) groups excluding carboxylic acids is 1. The molecular weight excluding hydrogens is 228 g/mol. The maximum Gasteiger partial charge on any atom is 0.243 e. The SMILES string of the molecule is CCC1(C(=O)N2CCCC2CCCO)CCCN1. The molecule has 0 aliphatic carbocycles. The van der Waals surface area contributed by atoms with Crippen LogP contribution in [-0.4, -0.2) is 47.2 Å². The summed E-state index contributed by atoms with van der Waals surface area (Å²) in [6, 6.07) is 0.357. The maximum atomic E-state index is 12.8. The van der Waals surface area contributed by atoms with Crippen molar-refractivity contribution in [2.24, 2.45) is 0 Å². The minimum Gasteiger partial charge on any atom is -0.396 e. The Morgan fingerprint density at radius 3 is 2.94 bits per heavy atom. The highest BCUT2D eigenvalue weighted by atomic mass is 16.3. The summed E-state index contributed by atoms with van der Waals surface area (Å²) in [6.07, 6.45) is 6.94. The van der Waals surface area contributed by atoms with Gasteiger partial charge in [-0.3, -0.25) is 4.79 Å². The summed E-state index contributed by atoms with van der Waals surface area (Å²) in [4.78, 5) is 14.9. The zero-order valence-electron chi connectivity index (χ0n) is 11.5. The topological polar surface area (TPSA) is 52.6 Å². The van der Waals surface area contributed by atoms with Crippen LogP contribution in [0.1, 0.15) is 51.9 Å². The Bertz CT molecular complexity index is 288. The van der Waals surface area contributed by atoms with Crippen LogP contribution in [0.3, 0.4) is 0 Å². The van der Waals surface area contributed by atoms with Gasteiger partial charge in [0.2, 0.25) is 5.91 Å². The molecule has 2 N–H and O–H groups in total. The summed E-state index contributed by atoms with van der Waals surface area (Å²) < 4.78 is 0. The molecule has 4 heteroatoms. The minimum absolute atomic E-state index is 0.232. The van der Waals surface area contributed by atoms with Gasteiger partial charge in [0, 0.05) is 19.2 Å². The molecule has 2 heterocycles. The Hall–Kier alpha value is -0.610. The molecule has 2 unspecified atom stereocenters. The van der Waals surface area contributed by atoms with E-state index >= 15 is 0 Å². The van der Waals surface area contributed by atoms with E-state index in [1.165, 1.54) is 0 Å². The molecule has 1 amide bonds. The monoisotopic (exact) mass is 254 g/mol. The van der Waals surface area contributed by atoms with Crippen LogP contribution in [0.15, 0.2) is 0 Å². The van der Waals surface area contributed by atoms with Crippen LogP contribution in [0.25, 0.3) is 0 Å². The largest absolute Gasteiger partial charge is 0.396 e. The fraction of sp³-hybridized carbons (Fsp3) is 0.929. The number of amides is 1. The van der Waals surface area contributed by atoms with Crippen molar-refractivity contribution in [2.45, 2.75) is 63.5 Å². The molecule has 0 aromatic carbocycles. The van der Waals surface area contributed by atoms with E-state index in [1.807, 2.05) is 0 Å². The number of hydrogen-bond donors (Lipinski definition) is 2. The Labute approximate surface area is 110 Å². The van der Waals surface area contributed by atoms with E-state index in [4.69, 9.17) is 5.11 Å². The third-order valence-electron chi connectivity index (χ3n) is 4.59. The molecule has 2 fully saturated rings. The molecule has 2 aliphatic heterocycles. The zero-order valence-corrected chi connectivity index (χ0v) is 11.5. The van der Waals surface area contributed by atoms with Gasteiger partial charge in [-0.2, -0.15) is 0 Å². The highest BCUT2D eigenvalue weighted by Gasteiger charge is 2.44. The molecule has 104 valence electrons. The second-order valence-corrected chi connectivity index (χ2v) is 5.63. The van der Waals surface area contributed by atoms with Crippen molar-refractivity contribution in [3.63, 3.8) is 0 Å². The van der Waals surface area contributed by atoms with Gasteiger partial charge in [-0.05, 0) is 51.5 Å². The molecule has 4 nitrogen and oxygen atoms in total. The lowest BCUT2D eigenvalue weighted by Crippen LogP contribution is -2.55. The Balaban J connectivity index is 2.02. The fourth-order valence-corrected chi connectivity index (χ4v) is 3.45. The Kier molecular flexibility index (Phi) is 4.62. The van der Waals surface area contributed by atoms with Crippen LogP contribution in [0.2, 0.25) is 0 Å². The van der Waals surface area contributed by atoms with Crippen molar-refractivity contribution in [3.8, 4) is 0 Å². The van der Waals surface area contributed by atoms with Crippen molar-refractivity contribution in [1.82, 2.24) is 10.2 Å². The first-order chi connectivity index (χ1) is 8.73. The number of aliphatic hydroxyl groups is 1. The van der Waals surface area contributed by atoms with Gasteiger partial charge in [0.1, 0.15) is 0 Å².